The highest BCUT2D eigenvalue weighted by atomic mass is 19.1. The van der Waals surface area contributed by atoms with E-state index in [0.29, 0.717) is 5.39 Å². The van der Waals surface area contributed by atoms with Gasteiger partial charge >= 0.3 is 0 Å². The van der Waals surface area contributed by atoms with Gasteiger partial charge in [0.1, 0.15) is 5.82 Å². The zero-order valence-corrected chi connectivity index (χ0v) is 19.6. The van der Waals surface area contributed by atoms with E-state index in [9.17, 15) is 4.39 Å². The van der Waals surface area contributed by atoms with Crippen LogP contribution in [0.5, 0.6) is 0 Å². The summed E-state index contributed by atoms with van der Waals surface area (Å²) < 4.78 is 14.8. The quantitative estimate of drug-likeness (QED) is 0.255. The minimum absolute atomic E-state index is 0.0885. The summed E-state index contributed by atoms with van der Waals surface area (Å²) in [6.07, 6.45) is 6.47. The van der Waals surface area contributed by atoms with Crippen LogP contribution in [0, 0.1) is 17.7 Å². The molecule has 4 rings (SSSR count). The van der Waals surface area contributed by atoms with E-state index >= 15 is 0 Å². The van der Waals surface area contributed by atoms with E-state index in [-0.39, 0.29) is 5.82 Å². The zero-order chi connectivity index (χ0) is 23.0. The van der Waals surface area contributed by atoms with Crippen LogP contribution in [-0.4, -0.2) is 0 Å². The summed E-state index contributed by atoms with van der Waals surface area (Å²) in [6, 6.07) is 26.9. The van der Waals surface area contributed by atoms with Gasteiger partial charge in [-0.1, -0.05) is 93.1 Å². The van der Waals surface area contributed by atoms with Crippen LogP contribution in [-0.2, 0) is 12.8 Å². The van der Waals surface area contributed by atoms with Crippen LogP contribution in [0.1, 0.15) is 61.8 Å². The lowest BCUT2D eigenvalue weighted by atomic mass is 10.00. The van der Waals surface area contributed by atoms with Gasteiger partial charge in [-0.2, -0.15) is 0 Å². The summed E-state index contributed by atoms with van der Waals surface area (Å²) in [7, 11) is 0. The third-order valence-electron chi connectivity index (χ3n) is 6.18. The van der Waals surface area contributed by atoms with Gasteiger partial charge in [0.15, 0.2) is 0 Å². The van der Waals surface area contributed by atoms with Crippen molar-refractivity contribution < 1.29 is 4.39 Å². The highest BCUT2D eigenvalue weighted by molar-refractivity contribution is 5.85. The lowest BCUT2D eigenvalue weighted by Crippen LogP contribution is -1.92. The Bertz CT molecular complexity index is 1270. The van der Waals surface area contributed by atoms with E-state index < -0.39 is 0 Å². The van der Waals surface area contributed by atoms with Crippen molar-refractivity contribution in [2.75, 3.05) is 0 Å². The summed E-state index contributed by atoms with van der Waals surface area (Å²) in [4.78, 5) is 0. The molecule has 0 aliphatic carbocycles. The summed E-state index contributed by atoms with van der Waals surface area (Å²) in [5.41, 5.74) is 6.50. The minimum atomic E-state index is -0.0885. The Morgan fingerprint density at radius 1 is 0.636 bits per heavy atom. The molecule has 0 atom stereocenters. The third-order valence-corrected chi connectivity index (χ3v) is 6.18. The topological polar surface area (TPSA) is 0 Å². The molecule has 0 amide bonds. The number of hydrogen-bond donors (Lipinski definition) is 0. The molecule has 0 aromatic heterocycles. The van der Waals surface area contributed by atoms with Crippen molar-refractivity contribution in [3.63, 3.8) is 0 Å². The molecule has 0 unspecified atom stereocenters. The highest BCUT2D eigenvalue weighted by Gasteiger charge is 2.07. The largest absolute Gasteiger partial charge is 0.206 e. The molecule has 0 radical (unpaired) electrons. The molecule has 0 aliphatic heterocycles. The van der Waals surface area contributed by atoms with Gasteiger partial charge in [-0.25, -0.2) is 4.39 Å². The van der Waals surface area contributed by atoms with Crippen molar-refractivity contribution in [2.24, 2.45) is 0 Å². The fourth-order valence-electron chi connectivity index (χ4n) is 4.11. The summed E-state index contributed by atoms with van der Waals surface area (Å²) in [5.74, 6) is 6.39. The van der Waals surface area contributed by atoms with Gasteiger partial charge in [0.2, 0.25) is 0 Å². The average Bonchev–Trinajstić information content (AvgIpc) is 2.86. The number of aryl methyl sites for hydroxylation is 2. The third kappa shape index (κ3) is 5.71. The first-order valence-corrected chi connectivity index (χ1v) is 12.1. The first kappa shape index (κ1) is 22.8. The molecule has 0 saturated heterocycles. The van der Waals surface area contributed by atoms with Crippen LogP contribution in [0.15, 0.2) is 78.9 Å². The van der Waals surface area contributed by atoms with E-state index in [1.165, 1.54) is 29.5 Å². The van der Waals surface area contributed by atoms with Crippen molar-refractivity contribution >= 4 is 10.8 Å². The van der Waals surface area contributed by atoms with Crippen LogP contribution >= 0.6 is 0 Å². The number of fused-ring (bicyclic) bond motifs is 1. The van der Waals surface area contributed by atoms with Gasteiger partial charge in [-0.15, -0.1) is 0 Å². The number of unbranched alkanes of at least 4 members (excludes halogenated alkanes) is 2. The van der Waals surface area contributed by atoms with Crippen LogP contribution in [0.3, 0.4) is 0 Å². The van der Waals surface area contributed by atoms with Crippen molar-refractivity contribution in [2.45, 2.75) is 52.4 Å². The molecule has 1 heteroatoms. The van der Waals surface area contributed by atoms with Gasteiger partial charge in [0.05, 0.1) is 0 Å². The molecule has 0 aliphatic rings. The molecule has 4 aromatic carbocycles. The summed E-state index contributed by atoms with van der Waals surface area (Å²) in [5, 5.41) is 1.58. The van der Waals surface area contributed by atoms with Crippen LogP contribution < -0.4 is 0 Å². The van der Waals surface area contributed by atoms with Gasteiger partial charge in [-0.3, -0.25) is 0 Å². The number of hydrogen-bond acceptors (Lipinski definition) is 0. The Hall–Kier alpha value is -3.37. The predicted molar refractivity (Wildman–Crippen MR) is 139 cm³/mol. The van der Waals surface area contributed by atoms with Crippen LogP contribution in [0.2, 0.25) is 0 Å². The van der Waals surface area contributed by atoms with E-state index in [1.54, 1.807) is 0 Å². The monoisotopic (exact) mass is 434 g/mol. The van der Waals surface area contributed by atoms with Crippen LogP contribution in [0.4, 0.5) is 4.39 Å². The molecule has 33 heavy (non-hydrogen) atoms. The Kier molecular flexibility index (Phi) is 7.59. The maximum absolute atomic E-state index is 14.8. The van der Waals surface area contributed by atoms with Crippen molar-refractivity contribution in [1.29, 1.82) is 0 Å². The first-order chi connectivity index (χ1) is 16.2. The Morgan fingerprint density at radius 3 is 1.94 bits per heavy atom. The van der Waals surface area contributed by atoms with Crippen molar-refractivity contribution in [3.05, 3.63) is 107 Å². The Labute approximate surface area is 197 Å². The van der Waals surface area contributed by atoms with E-state index in [1.807, 2.05) is 30.3 Å². The molecule has 0 saturated carbocycles. The SMILES string of the molecule is CCCCc1ccc(-c2ccc(C#Cc3ccc4c(F)c(CCCC)ccc4c3)cc2)cc1. The molecule has 0 spiro atoms. The second-order valence-corrected chi connectivity index (χ2v) is 8.71. The fraction of sp³-hybridized carbons (Fsp3) is 0.250. The zero-order valence-electron chi connectivity index (χ0n) is 19.6. The van der Waals surface area contributed by atoms with Gasteiger partial charge in [-0.05, 0) is 77.6 Å². The maximum atomic E-state index is 14.8. The van der Waals surface area contributed by atoms with Crippen molar-refractivity contribution in [1.82, 2.24) is 0 Å². The van der Waals surface area contributed by atoms with Crippen LogP contribution in [0.25, 0.3) is 21.9 Å². The average molecular weight is 435 g/mol. The summed E-state index contributed by atoms with van der Waals surface area (Å²) >= 11 is 0. The summed E-state index contributed by atoms with van der Waals surface area (Å²) in [6.45, 7) is 4.35. The number of benzene rings is 4. The smallest absolute Gasteiger partial charge is 0.134 e. The molecular formula is C32H31F. The fourth-order valence-corrected chi connectivity index (χ4v) is 4.11. The minimum Gasteiger partial charge on any atom is -0.206 e. The van der Waals surface area contributed by atoms with Gasteiger partial charge < -0.3 is 0 Å². The van der Waals surface area contributed by atoms with Gasteiger partial charge in [0, 0.05) is 16.5 Å². The molecule has 0 N–H and O–H groups in total. The second-order valence-electron chi connectivity index (χ2n) is 8.71. The van der Waals surface area contributed by atoms with E-state index in [2.05, 4.69) is 74.2 Å². The normalized spacial score (nSPS) is 10.8. The first-order valence-electron chi connectivity index (χ1n) is 12.1. The van der Waals surface area contributed by atoms with E-state index in [4.69, 9.17) is 0 Å². The molecule has 166 valence electrons. The Balaban J connectivity index is 1.48. The highest BCUT2D eigenvalue weighted by Crippen LogP contribution is 2.24. The second kappa shape index (κ2) is 11.0. The Morgan fingerprint density at radius 2 is 1.24 bits per heavy atom. The number of halogens is 1. The number of rotatable bonds is 7. The van der Waals surface area contributed by atoms with Crippen molar-refractivity contribution in [3.8, 4) is 23.0 Å². The molecule has 0 bridgehead atoms. The lowest BCUT2D eigenvalue weighted by molar-refractivity contribution is 0.614. The predicted octanol–water partition coefficient (Wildman–Crippen LogP) is 8.73. The molecular weight excluding hydrogens is 403 g/mol. The maximum Gasteiger partial charge on any atom is 0.134 e. The molecule has 0 nitrogen and oxygen atoms in total. The molecule has 0 fully saturated rings. The molecule has 4 aromatic rings. The van der Waals surface area contributed by atoms with E-state index in [0.717, 1.165) is 47.8 Å². The molecule has 0 heterocycles. The lowest BCUT2D eigenvalue weighted by Gasteiger charge is -2.06. The standard InChI is InChI=1S/C32H31F/c1-3-5-7-24-11-16-27(17-12-24)28-18-13-25(14-19-28)9-10-26-15-22-31-30(23-26)21-20-29(32(31)33)8-6-4-2/h11-23H,3-8H2,1-2H3. The van der Waals surface area contributed by atoms with Gasteiger partial charge in [0.25, 0.3) is 0 Å².